The van der Waals surface area contributed by atoms with Gasteiger partial charge in [0.25, 0.3) is 0 Å². The molecule has 0 amide bonds. The van der Waals surface area contributed by atoms with Crippen molar-refractivity contribution in [1.29, 1.82) is 0 Å². The van der Waals surface area contributed by atoms with E-state index >= 15 is 0 Å². The first-order chi connectivity index (χ1) is 11.7. The van der Waals surface area contributed by atoms with Crippen LogP contribution in [0.25, 0.3) is 11.1 Å². The van der Waals surface area contributed by atoms with Gasteiger partial charge < -0.3 is 9.47 Å². The third-order valence-electron chi connectivity index (χ3n) is 3.72. The summed E-state index contributed by atoms with van der Waals surface area (Å²) >= 11 is 3.48. The number of para-hydroxylation sites is 1. The van der Waals surface area contributed by atoms with Crippen LogP contribution in [-0.2, 0) is 22.4 Å². The molecule has 2 aromatic carbocycles. The Hall–Kier alpha value is -1.81. The molecule has 128 valence electrons. The molecule has 0 N–H and O–H groups in total. The maximum atomic E-state index is 11.9. The van der Waals surface area contributed by atoms with Crippen LogP contribution >= 0.6 is 15.9 Å². The summed E-state index contributed by atoms with van der Waals surface area (Å²) < 4.78 is 10.6. The monoisotopic (exact) mass is 390 g/mol. The molecule has 0 saturated carbocycles. The van der Waals surface area contributed by atoms with E-state index in [0.717, 1.165) is 40.6 Å². The van der Waals surface area contributed by atoms with E-state index in [2.05, 4.69) is 28.1 Å². The molecule has 0 bridgehead atoms. The predicted molar refractivity (Wildman–Crippen MR) is 101 cm³/mol. The van der Waals surface area contributed by atoms with Crippen LogP contribution in [0.3, 0.4) is 0 Å². The Morgan fingerprint density at radius 1 is 1.12 bits per heavy atom. The molecule has 0 aliphatic carbocycles. The van der Waals surface area contributed by atoms with E-state index in [-0.39, 0.29) is 12.4 Å². The second-order valence-corrected chi connectivity index (χ2v) is 6.31. The zero-order chi connectivity index (χ0) is 17.4. The smallest absolute Gasteiger partial charge is 0.310 e. The number of methoxy groups -OCH3 is 1. The highest BCUT2D eigenvalue weighted by Crippen LogP contribution is 2.31. The number of halogens is 1. The van der Waals surface area contributed by atoms with Crippen molar-refractivity contribution in [2.24, 2.45) is 0 Å². The summed E-state index contributed by atoms with van der Waals surface area (Å²) in [5, 5.41) is 0.957. The van der Waals surface area contributed by atoms with E-state index in [1.807, 2.05) is 37.3 Å². The van der Waals surface area contributed by atoms with Gasteiger partial charge in [0.2, 0.25) is 0 Å². The highest BCUT2D eigenvalue weighted by molar-refractivity contribution is 9.09. The Bertz CT molecular complexity index is 682. The summed E-state index contributed by atoms with van der Waals surface area (Å²) in [5.41, 5.74) is 4.29. The van der Waals surface area contributed by atoms with Crippen LogP contribution in [0.15, 0.2) is 42.5 Å². The van der Waals surface area contributed by atoms with Gasteiger partial charge in [-0.05, 0) is 42.5 Å². The zero-order valence-corrected chi connectivity index (χ0v) is 15.8. The fourth-order valence-corrected chi connectivity index (χ4v) is 2.98. The second kappa shape index (κ2) is 9.48. The van der Waals surface area contributed by atoms with Gasteiger partial charge in [-0.3, -0.25) is 4.79 Å². The lowest BCUT2D eigenvalue weighted by atomic mass is 9.96. The number of aryl methyl sites for hydroxylation is 1. The van der Waals surface area contributed by atoms with Crippen LogP contribution in [0.4, 0.5) is 0 Å². The van der Waals surface area contributed by atoms with Gasteiger partial charge in [-0.15, -0.1) is 0 Å². The Labute approximate surface area is 152 Å². The molecule has 0 fully saturated rings. The largest absolute Gasteiger partial charge is 0.496 e. The van der Waals surface area contributed by atoms with E-state index < -0.39 is 0 Å². The predicted octanol–water partition coefficient (Wildman–Crippen LogP) is 4.80. The van der Waals surface area contributed by atoms with Crippen molar-refractivity contribution in [2.75, 3.05) is 19.0 Å². The second-order valence-electron chi connectivity index (χ2n) is 5.51. The fraction of sp³-hybridized carbons (Fsp3) is 0.350. The van der Waals surface area contributed by atoms with Crippen molar-refractivity contribution in [3.8, 4) is 16.9 Å². The summed E-state index contributed by atoms with van der Waals surface area (Å²) in [6.07, 6.45) is 2.30. The molecule has 0 spiro atoms. The lowest BCUT2D eigenvalue weighted by Gasteiger charge is -2.12. The minimum Gasteiger partial charge on any atom is -0.496 e. The number of hydrogen-bond donors (Lipinski definition) is 0. The molecular weight excluding hydrogens is 368 g/mol. The lowest BCUT2D eigenvalue weighted by Crippen LogP contribution is -2.08. The summed E-state index contributed by atoms with van der Waals surface area (Å²) in [5.74, 6) is 0.637. The van der Waals surface area contributed by atoms with E-state index in [9.17, 15) is 4.79 Å². The van der Waals surface area contributed by atoms with E-state index in [4.69, 9.17) is 9.47 Å². The Kier molecular flexibility index (Phi) is 7.32. The van der Waals surface area contributed by atoms with Gasteiger partial charge in [0.05, 0.1) is 20.1 Å². The number of benzene rings is 2. The van der Waals surface area contributed by atoms with E-state index in [1.165, 1.54) is 5.56 Å². The van der Waals surface area contributed by atoms with E-state index in [0.29, 0.717) is 6.61 Å². The normalized spacial score (nSPS) is 10.5. The molecular formula is C20H23BrO3. The Morgan fingerprint density at radius 2 is 1.88 bits per heavy atom. The van der Waals surface area contributed by atoms with Crippen molar-refractivity contribution < 1.29 is 14.3 Å². The van der Waals surface area contributed by atoms with Crippen molar-refractivity contribution in [2.45, 2.75) is 26.2 Å². The molecule has 3 nitrogen and oxygen atoms in total. The van der Waals surface area contributed by atoms with Crippen molar-refractivity contribution in [3.05, 3.63) is 53.6 Å². The maximum absolute atomic E-state index is 11.9. The van der Waals surface area contributed by atoms with Crippen LogP contribution in [-0.4, -0.2) is 25.0 Å². The first-order valence-corrected chi connectivity index (χ1v) is 9.28. The minimum atomic E-state index is -0.193. The molecule has 4 heteroatoms. The molecule has 0 saturated heterocycles. The van der Waals surface area contributed by atoms with E-state index in [1.54, 1.807) is 7.11 Å². The number of ether oxygens (including phenoxy) is 2. The molecule has 2 aromatic rings. The van der Waals surface area contributed by atoms with Crippen LogP contribution < -0.4 is 4.74 Å². The van der Waals surface area contributed by atoms with Crippen LogP contribution in [0, 0.1) is 0 Å². The number of rotatable bonds is 8. The number of esters is 1. The molecule has 0 aromatic heterocycles. The van der Waals surface area contributed by atoms with Gasteiger partial charge in [-0.1, -0.05) is 52.3 Å². The van der Waals surface area contributed by atoms with Crippen LogP contribution in [0.5, 0.6) is 5.75 Å². The quantitative estimate of drug-likeness (QED) is 0.479. The number of carbonyl (C=O) groups is 1. The summed E-state index contributed by atoms with van der Waals surface area (Å²) in [7, 11) is 1.67. The summed E-state index contributed by atoms with van der Waals surface area (Å²) in [4.78, 5) is 11.9. The molecule has 0 aliphatic rings. The van der Waals surface area contributed by atoms with Crippen molar-refractivity contribution >= 4 is 21.9 Å². The van der Waals surface area contributed by atoms with Gasteiger partial charge in [0.15, 0.2) is 0 Å². The van der Waals surface area contributed by atoms with Gasteiger partial charge >= 0.3 is 5.97 Å². The SMILES string of the molecule is CCOC(=O)Cc1cc(CCCBr)cc(-c2ccccc2OC)c1. The fourth-order valence-electron chi connectivity index (χ4n) is 2.70. The van der Waals surface area contributed by atoms with Gasteiger partial charge in [0, 0.05) is 10.9 Å². The molecule has 24 heavy (non-hydrogen) atoms. The molecule has 0 unspecified atom stereocenters. The third-order valence-corrected chi connectivity index (χ3v) is 4.28. The minimum absolute atomic E-state index is 0.193. The van der Waals surface area contributed by atoms with Crippen LogP contribution in [0.2, 0.25) is 0 Å². The molecule has 0 aliphatic heterocycles. The highest BCUT2D eigenvalue weighted by Gasteiger charge is 2.11. The molecule has 0 atom stereocenters. The Morgan fingerprint density at radius 3 is 2.58 bits per heavy atom. The van der Waals surface area contributed by atoms with Gasteiger partial charge in [-0.25, -0.2) is 0 Å². The first kappa shape index (κ1) is 18.5. The topological polar surface area (TPSA) is 35.5 Å². The lowest BCUT2D eigenvalue weighted by molar-refractivity contribution is -0.142. The summed E-state index contributed by atoms with van der Waals surface area (Å²) in [6.45, 7) is 2.23. The van der Waals surface area contributed by atoms with Gasteiger partial charge in [0.1, 0.15) is 5.75 Å². The Balaban J connectivity index is 2.40. The molecule has 0 radical (unpaired) electrons. The molecule has 0 heterocycles. The van der Waals surface area contributed by atoms with Crippen molar-refractivity contribution in [1.82, 2.24) is 0 Å². The molecule has 2 rings (SSSR count). The average molecular weight is 391 g/mol. The maximum Gasteiger partial charge on any atom is 0.310 e. The third kappa shape index (κ3) is 5.10. The number of alkyl halides is 1. The van der Waals surface area contributed by atoms with Crippen molar-refractivity contribution in [3.63, 3.8) is 0 Å². The average Bonchev–Trinajstić information content (AvgIpc) is 2.59. The zero-order valence-electron chi connectivity index (χ0n) is 14.2. The summed E-state index contributed by atoms with van der Waals surface area (Å²) in [6, 6.07) is 14.3. The number of hydrogen-bond acceptors (Lipinski definition) is 3. The van der Waals surface area contributed by atoms with Gasteiger partial charge in [-0.2, -0.15) is 0 Å². The highest BCUT2D eigenvalue weighted by atomic mass is 79.9. The standard InChI is InChI=1S/C20H23BrO3/c1-3-24-20(22)14-16-11-15(7-6-10-21)12-17(13-16)18-8-4-5-9-19(18)23-2/h4-5,8-9,11-13H,3,6-7,10,14H2,1-2H3. The first-order valence-electron chi connectivity index (χ1n) is 8.15. The van der Waals surface area contributed by atoms with Crippen LogP contribution in [0.1, 0.15) is 24.5 Å². The number of carbonyl (C=O) groups excluding carboxylic acids is 1.